The van der Waals surface area contributed by atoms with Crippen molar-refractivity contribution in [1.82, 2.24) is 15.1 Å². The standard InChI is InChI=1S/C18H32N4O2/c1-14(2)17-16(12-19-6-9-24-13-15-4-5-15)18(21(3)20-17)22-7-10-23-11-8-22/h14-15,19H,4-13H2,1-3H3. The van der Waals surface area contributed by atoms with Gasteiger partial charge in [-0.25, -0.2) is 0 Å². The number of morpholine rings is 1. The van der Waals surface area contributed by atoms with Crippen LogP contribution in [0.1, 0.15) is 43.9 Å². The third kappa shape index (κ3) is 4.49. The Labute approximate surface area is 145 Å². The summed E-state index contributed by atoms with van der Waals surface area (Å²) in [4.78, 5) is 2.41. The Morgan fingerprint density at radius 1 is 1.29 bits per heavy atom. The zero-order valence-electron chi connectivity index (χ0n) is 15.4. The summed E-state index contributed by atoms with van der Waals surface area (Å²) in [6.45, 7) is 11.4. The van der Waals surface area contributed by atoms with Gasteiger partial charge in [-0.3, -0.25) is 4.68 Å². The van der Waals surface area contributed by atoms with Crippen molar-refractivity contribution in [2.75, 3.05) is 51.0 Å². The van der Waals surface area contributed by atoms with E-state index in [1.54, 1.807) is 0 Å². The number of aromatic nitrogens is 2. The summed E-state index contributed by atoms with van der Waals surface area (Å²) >= 11 is 0. The first-order valence-electron chi connectivity index (χ1n) is 9.33. The molecule has 1 saturated heterocycles. The zero-order valence-corrected chi connectivity index (χ0v) is 15.4. The molecule has 3 rings (SSSR count). The molecule has 1 N–H and O–H groups in total. The van der Waals surface area contributed by atoms with Gasteiger partial charge in [0.15, 0.2) is 0 Å². The van der Waals surface area contributed by atoms with E-state index in [1.807, 2.05) is 4.68 Å². The minimum Gasteiger partial charge on any atom is -0.380 e. The van der Waals surface area contributed by atoms with E-state index in [9.17, 15) is 0 Å². The van der Waals surface area contributed by atoms with Crippen LogP contribution in [0.25, 0.3) is 0 Å². The van der Waals surface area contributed by atoms with Gasteiger partial charge in [-0.1, -0.05) is 13.8 Å². The van der Waals surface area contributed by atoms with E-state index in [-0.39, 0.29) is 0 Å². The first-order chi connectivity index (χ1) is 11.7. The van der Waals surface area contributed by atoms with Crippen LogP contribution < -0.4 is 10.2 Å². The average Bonchev–Trinajstić information content (AvgIpc) is 3.34. The van der Waals surface area contributed by atoms with Crippen LogP contribution in [-0.4, -0.2) is 55.8 Å². The fourth-order valence-electron chi connectivity index (χ4n) is 3.28. The molecular weight excluding hydrogens is 304 g/mol. The van der Waals surface area contributed by atoms with Crippen LogP contribution in [0, 0.1) is 5.92 Å². The molecule has 0 unspecified atom stereocenters. The second kappa shape index (κ2) is 8.32. The Balaban J connectivity index is 1.59. The van der Waals surface area contributed by atoms with Gasteiger partial charge in [-0.05, 0) is 24.7 Å². The summed E-state index contributed by atoms with van der Waals surface area (Å²) < 4.78 is 13.3. The molecule has 2 fully saturated rings. The molecule has 1 aromatic rings. The van der Waals surface area contributed by atoms with Crippen LogP contribution >= 0.6 is 0 Å². The number of hydrogen-bond donors (Lipinski definition) is 1. The van der Waals surface area contributed by atoms with Gasteiger partial charge >= 0.3 is 0 Å². The second-order valence-corrected chi connectivity index (χ2v) is 7.26. The molecule has 0 bridgehead atoms. The minimum absolute atomic E-state index is 0.425. The predicted octanol–water partition coefficient (Wildman–Crippen LogP) is 1.90. The molecule has 1 aromatic heterocycles. The molecule has 2 aliphatic rings. The van der Waals surface area contributed by atoms with E-state index >= 15 is 0 Å². The van der Waals surface area contributed by atoms with Gasteiger partial charge in [-0.15, -0.1) is 0 Å². The molecule has 6 nitrogen and oxygen atoms in total. The van der Waals surface area contributed by atoms with Gasteiger partial charge in [0.2, 0.25) is 0 Å². The molecule has 0 radical (unpaired) electrons. The molecule has 0 aromatic carbocycles. The topological polar surface area (TPSA) is 51.5 Å². The van der Waals surface area contributed by atoms with Crippen LogP contribution in [0.15, 0.2) is 0 Å². The van der Waals surface area contributed by atoms with Crippen molar-refractivity contribution in [3.05, 3.63) is 11.3 Å². The van der Waals surface area contributed by atoms with Crippen LogP contribution in [0.2, 0.25) is 0 Å². The van der Waals surface area contributed by atoms with Crippen molar-refractivity contribution in [2.45, 2.75) is 39.2 Å². The largest absolute Gasteiger partial charge is 0.380 e. The quantitative estimate of drug-likeness (QED) is 0.698. The first-order valence-corrected chi connectivity index (χ1v) is 9.33. The maximum absolute atomic E-state index is 5.71. The molecule has 1 aliphatic heterocycles. The Hall–Kier alpha value is -1.11. The molecular formula is C18H32N4O2. The highest BCUT2D eigenvalue weighted by molar-refractivity contribution is 5.51. The minimum atomic E-state index is 0.425. The van der Waals surface area contributed by atoms with Crippen molar-refractivity contribution in [1.29, 1.82) is 0 Å². The lowest BCUT2D eigenvalue weighted by Gasteiger charge is -2.29. The summed E-state index contributed by atoms with van der Waals surface area (Å²) in [7, 11) is 2.05. The highest BCUT2D eigenvalue weighted by Gasteiger charge is 2.24. The number of nitrogens with one attached hydrogen (secondary N) is 1. The highest BCUT2D eigenvalue weighted by Crippen LogP contribution is 2.29. The number of rotatable bonds is 9. The van der Waals surface area contributed by atoms with Crippen LogP contribution in [0.5, 0.6) is 0 Å². The zero-order chi connectivity index (χ0) is 16.9. The lowest BCUT2D eigenvalue weighted by Crippen LogP contribution is -2.38. The normalized spacial score (nSPS) is 18.6. The first kappa shape index (κ1) is 17.7. The Bertz CT molecular complexity index is 519. The molecule has 1 saturated carbocycles. The lowest BCUT2D eigenvalue weighted by molar-refractivity contribution is 0.122. The van der Waals surface area contributed by atoms with E-state index in [2.05, 4.69) is 31.1 Å². The number of anilines is 1. The molecule has 0 atom stereocenters. The predicted molar refractivity (Wildman–Crippen MR) is 95.6 cm³/mol. The number of nitrogens with zero attached hydrogens (tertiary/aromatic N) is 3. The number of aryl methyl sites for hydroxylation is 1. The van der Waals surface area contributed by atoms with Crippen molar-refractivity contribution < 1.29 is 9.47 Å². The summed E-state index contributed by atoms with van der Waals surface area (Å²) in [5.74, 6) is 2.51. The fourth-order valence-corrected chi connectivity index (χ4v) is 3.28. The summed E-state index contributed by atoms with van der Waals surface area (Å²) in [6, 6.07) is 0. The lowest BCUT2D eigenvalue weighted by atomic mass is 10.1. The van der Waals surface area contributed by atoms with Crippen LogP contribution in [0.4, 0.5) is 5.82 Å². The molecule has 24 heavy (non-hydrogen) atoms. The van der Waals surface area contributed by atoms with Gasteiger partial charge in [0.1, 0.15) is 5.82 Å². The highest BCUT2D eigenvalue weighted by atomic mass is 16.5. The average molecular weight is 336 g/mol. The van der Waals surface area contributed by atoms with E-state index in [0.717, 1.165) is 58.5 Å². The molecule has 0 spiro atoms. The van der Waals surface area contributed by atoms with Crippen molar-refractivity contribution in [2.24, 2.45) is 13.0 Å². The molecule has 1 aliphatic carbocycles. The van der Waals surface area contributed by atoms with Crippen molar-refractivity contribution in [3.8, 4) is 0 Å². The second-order valence-electron chi connectivity index (χ2n) is 7.26. The number of hydrogen-bond acceptors (Lipinski definition) is 5. The van der Waals surface area contributed by atoms with Crippen LogP contribution in [0.3, 0.4) is 0 Å². The molecule has 6 heteroatoms. The van der Waals surface area contributed by atoms with Gasteiger partial charge in [-0.2, -0.15) is 5.10 Å². The van der Waals surface area contributed by atoms with Gasteiger partial charge in [0.05, 0.1) is 25.5 Å². The van der Waals surface area contributed by atoms with Gasteiger partial charge in [0, 0.05) is 45.4 Å². The summed E-state index contributed by atoms with van der Waals surface area (Å²) in [5.41, 5.74) is 2.53. The fraction of sp³-hybridized carbons (Fsp3) is 0.833. The molecule has 2 heterocycles. The monoisotopic (exact) mass is 336 g/mol. The third-order valence-electron chi connectivity index (χ3n) is 4.78. The van der Waals surface area contributed by atoms with E-state index in [0.29, 0.717) is 5.92 Å². The van der Waals surface area contributed by atoms with Crippen molar-refractivity contribution >= 4 is 5.82 Å². The van der Waals surface area contributed by atoms with E-state index in [4.69, 9.17) is 14.6 Å². The van der Waals surface area contributed by atoms with Gasteiger partial charge < -0.3 is 19.7 Å². The molecule has 136 valence electrons. The maximum Gasteiger partial charge on any atom is 0.131 e. The maximum atomic E-state index is 5.71. The van der Waals surface area contributed by atoms with Crippen LogP contribution in [-0.2, 0) is 23.1 Å². The molecule has 0 amide bonds. The number of ether oxygens (including phenoxy) is 2. The third-order valence-corrected chi connectivity index (χ3v) is 4.78. The van der Waals surface area contributed by atoms with E-state index < -0.39 is 0 Å². The van der Waals surface area contributed by atoms with Crippen molar-refractivity contribution in [3.63, 3.8) is 0 Å². The Kier molecular flexibility index (Phi) is 6.14. The smallest absolute Gasteiger partial charge is 0.131 e. The van der Waals surface area contributed by atoms with Gasteiger partial charge in [0.25, 0.3) is 0 Å². The Morgan fingerprint density at radius 2 is 2.04 bits per heavy atom. The van der Waals surface area contributed by atoms with E-state index in [1.165, 1.54) is 29.9 Å². The Morgan fingerprint density at radius 3 is 2.71 bits per heavy atom. The summed E-state index contributed by atoms with van der Waals surface area (Å²) in [6.07, 6.45) is 2.70. The summed E-state index contributed by atoms with van der Waals surface area (Å²) in [5, 5.41) is 8.34. The SMILES string of the molecule is CC(C)c1nn(C)c(N2CCOCC2)c1CNCCOCC1CC1.